The number of benzene rings is 2. The van der Waals surface area contributed by atoms with Crippen LogP contribution < -0.4 is 15.4 Å². The summed E-state index contributed by atoms with van der Waals surface area (Å²) in [5, 5.41) is 4.85. The van der Waals surface area contributed by atoms with Crippen LogP contribution in [0.1, 0.15) is 15.9 Å². The maximum absolute atomic E-state index is 13.2. The van der Waals surface area contributed by atoms with Crippen LogP contribution in [0.4, 0.5) is 17.6 Å². The number of halogens is 5. The van der Waals surface area contributed by atoms with E-state index in [1.165, 1.54) is 12.3 Å². The summed E-state index contributed by atoms with van der Waals surface area (Å²) < 4.78 is 58.0. The lowest BCUT2D eigenvalue weighted by Crippen LogP contribution is -2.23. The molecular formula is C20H15ClF4N2O3. The lowest BCUT2D eigenvalue weighted by atomic mass is 10.1. The maximum Gasteiger partial charge on any atom is 0.416 e. The van der Waals surface area contributed by atoms with Crippen molar-refractivity contribution in [1.29, 1.82) is 0 Å². The van der Waals surface area contributed by atoms with Crippen LogP contribution in [0.15, 0.2) is 60.4 Å². The second-order valence-electron chi connectivity index (χ2n) is 5.72. The SMILES string of the molecule is CN/C=C\C(=C/C=O)NC(=O)c1ccc(C(F)(F)F)cc1Oc1ccc(F)cc1Cl. The highest BCUT2D eigenvalue weighted by atomic mass is 35.5. The molecule has 0 radical (unpaired) electrons. The van der Waals surface area contributed by atoms with E-state index in [2.05, 4.69) is 10.6 Å². The number of allylic oxidation sites excluding steroid dienone is 2. The van der Waals surface area contributed by atoms with Gasteiger partial charge >= 0.3 is 6.18 Å². The van der Waals surface area contributed by atoms with Gasteiger partial charge in [0.2, 0.25) is 0 Å². The van der Waals surface area contributed by atoms with E-state index < -0.39 is 29.2 Å². The standard InChI is InChI=1S/C20H15ClF4N2O3/c1-26-8-6-14(7-9-28)27-19(29)15-4-2-12(20(23,24)25)10-18(15)30-17-5-3-13(22)11-16(17)21/h2-11,26H,1H3,(H,27,29)/b8-6-,14-7+. The fourth-order valence-electron chi connectivity index (χ4n) is 2.23. The van der Waals surface area contributed by atoms with Crippen LogP contribution in [-0.4, -0.2) is 19.2 Å². The van der Waals surface area contributed by atoms with E-state index in [1.54, 1.807) is 7.05 Å². The molecule has 30 heavy (non-hydrogen) atoms. The molecular weight excluding hydrogens is 428 g/mol. The number of alkyl halides is 3. The van der Waals surface area contributed by atoms with E-state index in [0.717, 1.165) is 30.3 Å². The number of carbonyl (C=O) groups is 2. The van der Waals surface area contributed by atoms with Crippen LogP contribution in [0.25, 0.3) is 0 Å². The fourth-order valence-corrected chi connectivity index (χ4v) is 2.44. The number of rotatable bonds is 7. The zero-order valence-corrected chi connectivity index (χ0v) is 16.1. The topological polar surface area (TPSA) is 67.4 Å². The first-order chi connectivity index (χ1) is 14.2. The molecule has 0 aromatic heterocycles. The maximum atomic E-state index is 13.2. The van der Waals surface area contributed by atoms with Gasteiger partial charge < -0.3 is 15.4 Å². The van der Waals surface area contributed by atoms with E-state index in [4.69, 9.17) is 16.3 Å². The number of amides is 1. The van der Waals surface area contributed by atoms with E-state index in [1.807, 2.05) is 0 Å². The molecule has 2 N–H and O–H groups in total. The quantitative estimate of drug-likeness (QED) is 0.279. The van der Waals surface area contributed by atoms with Gasteiger partial charge in [-0.1, -0.05) is 11.6 Å². The Morgan fingerprint density at radius 3 is 2.47 bits per heavy atom. The summed E-state index contributed by atoms with van der Waals surface area (Å²) in [5.41, 5.74) is -1.25. The van der Waals surface area contributed by atoms with Crippen molar-refractivity contribution in [2.24, 2.45) is 0 Å². The molecule has 0 atom stereocenters. The van der Waals surface area contributed by atoms with Gasteiger partial charge in [0, 0.05) is 18.8 Å². The normalized spacial score (nSPS) is 12.0. The van der Waals surface area contributed by atoms with Crippen LogP contribution in [-0.2, 0) is 11.0 Å². The van der Waals surface area contributed by atoms with Crippen molar-refractivity contribution in [3.63, 3.8) is 0 Å². The molecule has 0 saturated heterocycles. The van der Waals surface area contributed by atoms with Crippen LogP contribution in [0.5, 0.6) is 11.5 Å². The summed E-state index contributed by atoms with van der Waals surface area (Å²) >= 11 is 5.87. The number of hydrogen-bond acceptors (Lipinski definition) is 4. The van der Waals surface area contributed by atoms with Gasteiger partial charge in [-0.15, -0.1) is 0 Å². The molecule has 2 aromatic carbocycles. The highest BCUT2D eigenvalue weighted by molar-refractivity contribution is 6.32. The van der Waals surface area contributed by atoms with E-state index in [0.29, 0.717) is 18.4 Å². The minimum absolute atomic E-state index is 0.0787. The van der Waals surface area contributed by atoms with Crippen molar-refractivity contribution in [2.75, 3.05) is 7.05 Å². The summed E-state index contributed by atoms with van der Waals surface area (Å²) in [6, 6.07) is 5.29. The Kier molecular flexibility index (Phi) is 7.60. The first kappa shape index (κ1) is 23.0. The Morgan fingerprint density at radius 1 is 1.13 bits per heavy atom. The van der Waals surface area contributed by atoms with Gasteiger partial charge in [0.05, 0.1) is 16.1 Å². The van der Waals surface area contributed by atoms with Crippen molar-refractivity contribution in [1.82, 2.24) is 10.6 Å². The van der Waals surface area contributed by atoms with E-state index in [-0.39, 0.29) is 22.0 Å². The molecule has 0 aliphatic heterocycles. The van der Waals surface area contributed by atoms with Crippen molar-refractivity contribution in [3.8, 4) is 11.5 Å². The highest BCUT2D eigenvalue weighted by Gasteiger charge is 2.32. The van der Waals surface area contributed by atoms with Crippen molar-refractivity contribution in [3.05, 3.63) is 82.4 Å². The molecule has 0 aliphatic rings. The molecule has 0 aliphatic carbocycles. The summed E-state index contributed by atoms with van der Waals surface area (Å²) in [4.78, 5) is 23.4. The van der Waals surface area contributed by atoms with E-state index in [9.17, 15) is 27.2 Å². The Labute approximate surface area is 174 Å². The van der Waals surface area contributed by atoms with Crippen molar-refractivity contribution in [2.45, 2.75) is 6.18 Å². The Hall–Kier alpha value is -3.33. The molecule has 10 heteroatoms. The molecule has 0 heterocycles. The molecule has 0 fully saturated rings. The molecule has 0 unspecified atom stereocenters. The van der Waals surface area contributed by atoms with E-state index >= 15 is 0 Å². The number of nitrogens with one attached hydrogen (secondary N) is 2. The van der Waals surface area contributed by atoms with Crippen LogP contribution in [0.2, 0.25) is 5.02 Å². The molecule has 5 nitrogen and oxygen atoms in total. The van der Waals surface area contributed by atoms with Gasteiger partial charge in [-0.25, -0.2) is 4.39 Å². The third-order valence-corrected chi connectivity index (χ3v) is 3.90. The van der Waals surface area contributed by atoms with Gasteiger partial charge in [0.15, 0.2) is 0 Å². The summed E-state index contributed by atoms with van der Waals surface area (Å²) in [5.74, 6) is -2.12. The minimum Gasteiger partial charge on any atom is -0.455 e. The number of carbonyl (C=O) groups excluding carboxylic acids is 2. The Morgan fingerprint density at radius 2 is 1.87 bits per heavy atom. The number of aldehydes is 1. The average Bonchev–Trinajstić information content (AvgIpc) is 2.67. The first-order valence-corrected chi connectivity index (χ1v) is 8.68. The Bertz CT molecular complexity index is 1000. The summed E-state index contributed by atoms with van der Waals surface area (Å²) in [7, 11) is 1.59. The van der Waals surface area contributed by atoms with Gasteiger partial charge in [-0.05, 0) is 48.7 Å². The largest absolute Gasteiger partial charge is 0.455 e. The molecule has 0 bridgehead atoms. The molecule has 1 amide bonds. The van der Waals surface area contributed by atoms with Gasteiger partial charge in [0.25, 0.3) is 5.91 Å². The predicted molar refractivity (Wildman–Crippen MR) is 103 cm³/mol. The summed E-state index contributed by atoms with van der Waals surface area (Å²) in [6.45, 7) is 0. The second-order valence-corrected chi connectivity index (χ2v) is 6.13. The van der Waals surface area contributed by atoms with Gasteiger partial charge in [-0.2, -0.15) is 13.2 Å². The zero-order valence-electron chi connectivity index (χ0n) is 15.4. The fraction of sp³-hybridized carbons (Fsp3) is 0.100. The molecule has 0 spiro atoms. The highest BCUT2D eigenvalue weighted by Crippen LogP contribution is 2.37. The average molecular weight is 443 g/mol. The predicted octanol–water partition coefficient (Wildman–Crippen LogP) is 4.84. The Balaban J connectivity index is 2.47. The van der Waals surface area contributed by atoms with Crippen molar-refractivity contribution < 1.29 is 31.9 Å². The molecule has 2 aromatic rings. The van der Waals surface area contributed by atoms with Crippen LogP contribution in [0.3, 0.4) is 0 Å². The lowest BCUT2D eigenvalue weighted by molar-refractivity contribution is -0.137. The summed E-state index contributed by atoms with van der Waals surface area (Å²) in [6.07, 6.45) is -0.422. The van der Waals surface area contributed by atoms with Crippen LogP contribution >= 0.6 is 11.6 Å². The third kappa shape index (κ3) is 6.08. The van der Waals surface area contributed by atoms with Crippen molar-refractivity contribution >= 4 is 23.8 Å². The second kappa shape index (κ2) is 9.93. The smallest absolute Gasteiger partial charge is 0.416 e. The number of hydrogen-bond donors (Lipinski definition) is 2. The van der Waals surface area contributed by atoms with Gasteiger partial charge in [-0.3, -0.25) is 9.59 Å². The van der Waals surface area contributed by atoms with Gasteiger partial charge in [0.1, 0.15) is 23.6 Å². The zero-order chi connectivity index (χ0) is 22.3. The monoisotopic (exact) mass is 442 g/mol. The molecule has 158 valence electrons. The lowest BCUT2D eigenvalue weighted by Gasteiger charge is -2.15. The number of ether oxygens (including phenoxy) is 1. The third-order valence-electron chi connectivity index (χ3n) is 3.60. The van der Waals surface area contributed by atoms with Crippen LogP contribution in [0, 0.1) is 5.82 Å². The molecule has 2 rings (SSSR count). The minimum atomic E-state index is -4.70. The molecule has 0 saturated carbocycles. The first-order valence-electron chi connectivity index (χ1n) is 8.30.